The number of nitrogens with zero attached hydrogens (tertiary/aromatic N) is 2. The summed E-state index contributed by atoms with van der Waals surface area (Å²) < 4.78 is 6.67. The zero-order valence-electron chi connectivity index (χ0n) is 11.2. The van der Waals surface area contributed by atoms with Crippen molar-refractivity contribution >= 4 is 5.91 Å². The van der Waals surface area contributed by atoms with Gasteiger partial charge in [0.25, 0.3) is 5.91 Å². The van der Waals surface area contributed by atoms with Crippen molar-refractivity contribution < 1.29 is 14.3 Å². The summed E-state index contributed by atoms with van der Waals surface area (Å²) in [4.78, 5) is 11.9. The lowest BCUT2D eigenvalue weighted by Gasteiger charge is -2.22. The molecule has 0 saturated carbocycles. The molecule has 2 N–H and O–H groups in total. The fraction of sp³-hybridized carbons (Fsp3) is 0.385. The molecule has 1 atom stereocenters. The fourth-order valence-corrected chi connectivity index (χ4v) is 1.77. The maximum atomic E-state index is 11.9. The lowest BCUT2D eigenvalue weighted by atomic mass is 9.99. The summed E-state index contributed by atoms with van der Waals surface area (Å²) in [6.07, 6.45) is 4.76. The van der Waals surface area contributed by atoms with Gasteiger partial charge in [-0.15, -0.1) is 0 Å². The third kappa shape index (κ3) is 2.85. The van der Waals surface area contributed by atoms with Gasteiger partial charge in [-0.05, 0) is 19.9 Å². The van der Waals surface area contributed by atoms with E-state index in [0.29, 0.717) is 16.9 Å². The summed E-state index contributed by atoms with van der Waals surface area (Å²) in [5.74, 6) is 0.286. The van der Waals surface area contributed by atoms with Crippen molar-refractivity contribution in [3.63, 3.8) is 0 Å². The molecular formula is C13H17N3O3. The van der Waals surface area contributed by atoms with E-state index in [9.17, 15) is 9.90 Å². The predicted molar refractivity (Wildman–Crippen MR) is 68.6 cm³/mol. The molecule has 102 valence electrons. The Balaban J connectivity index is 2.02. The lowest BCUT2D eigenvalue weighted by Crippen LogP contribution is -2.38. The van der Waals surface area contributed by atoms with Crippen molar-refractivity contribution in [1.29, 1.82) is 0 Å². The van der Waals surface area contributed by atoms with Crippen molar-refractivity contribution in [1.82, 2.24) is 15.1 Å². The molecule has 0 aliphatic rings. The van der Waals surface area contributed by atoms with E-state index >= 15 is 0 Å². The van der Waals surface area contributed by atoms with Gasteiger partial charge in [0.1, 0.15) is 11.4 Å². The highest BCUT2D eigenvalue weighted by Crippen LogP contribution is 2.19. The van der Waals surface area contributed by atoms with Gasteiger partial charge in [-0.3, -0.25) is 9.48 Å². The highest BCUT2D eigenvalue weighted by molar-refractivity contribution is 5.95. The first-order chi connectivity index (χ1) is 8.90. The SMILES string of the molecule is Cc1occc1C(=O)NCC(C)(O)c1cnn(C)c1. The molecule has 0 aliphatic carbocycles. The van der Waals surface area contributed by atoms with Gasteiger partial charge >= 0.3 is 0 Å². The highest BCUT2D eigenvalue weighted by Gasteiger charge is 2.26. The quantitative estimate of drug-likeness (QED) is 0.861. The molecule has 0 spiro atoms. The fourth-order valence-electron chi connectivity index (χ4n) is 1.77. The molecule has 2 aromatic rings. The first-order valence-electron chi connectivity index (χ1n) is 5.94. The molecule has 0 aliphatic heterocycles. The van der Waals surface area contributed by atoms with Crippen LogP contribution < -0.4 is 5.32 Å². The van der Waals surface area contributed by atoms with E-state index < -0.39 is 5.60 Å². The minimum Gasteiger partial charge on any atom is -0.469 e. The molecule has 0 fully saturated rings. The van der Waals surface area contributed by atoms with Crippen LogP contribution in [0, 0.1) is 6.92 Å². The van der Waals surface area contributed by atoms with Crippen LogP contribution in [0.5, 0.6) is 0 Å². The Kier molecular flexibility index (Phi) is 3.44. The normalized spacial score (nSPS) is 14.1. The summed E-state index contributed by atoms with van der Waals surface area (Å²) in [5, 5.41) is 17.0. The molecule has 2 aromatic heterocycles. The van der Waals surface area contributed by atoms with Gasteiger partial charge in [0.15, 0.2) is 0 Å². The Morgan fingerprint density at radius 1 is 1.63 bits per heavy atom. The maximum absolute atomic E-state index is 11.9. The lowest BCUT2D eigenvalue weighted by molar-refractivity contribution is 0.0525. The van der Waals surface area contributed by atoms with E-state index in [2.05, 4.69) is 10.4 Å². The van der Waals surface area contributed by atoms with Crippen molar-refractivity contribution in [3.8, 4) is 0 Å². The second kappa shape index (κ2) is 4.89. The Morgan fingerprint density at radius 3 is 2.89 bits per heavy atom. The molecule has 0 bridgehead atoms. The first-order valence-corrected chi connectivity index (χ1v) is 5.94. The van der Waals surface area contributed by atoms with Crippen LogP contribution in [-0.2, 0) is 12.6 Å². The number of nitrogens with one attached hydrogen (secondary N) is 1. The zero-order chi connectivity index (χ0) is 14.0. The zero-order valence-corrected chi connectivity index (χ0v) is 11.2. The van der Waals surface area contributed by atoms with Crippen LogP contribution in [-0.4, -0.2) is 27.3 Å². The van der Waals surface area contributed by atoms with Crippen LogP contribution in [0.1, 0.15) is 28.6 Å². The summed E-state index contributed by atoms with van der Waals surface area (Å²) in [6, 6.07) is 1.60. The second-order valence-electron chi connectivity index (χ2n) is 4.75. The minimum atomic E-state index is -1.17. The number of hydrogen-bond donors (Lipinski definition) is 2. The van der Waals surface area contributed by atoms with Gasteiger partial charge in [0.05, 0.1) is 24.6 Å². The van der Waals surface area contributed by atoms with Crippen molar-refractivity contribution in [2.24, 2.45) is 7.05 Å². The Bertz CT molecular complexity index is 583. The monoisotopic (exact) mass is 263 g/mol. The number of aromatic nitrogens is 2. The number of rotatable bonds is 4. The number of carbonyl (C=O) groups excluding carboxylic acids is 1. The largest absolute Gasteiger partial charge is 0.469 e. The van der Waals surface area contributed by atoms with Crippen LogP contribution in [0.4, 0.5) is 0 Å². The van der Waals surface area contributed by atoms with Crippen molar-refractivity contribution in [2.45, 2.75) is 19.4 Å². The van der Waals surface area contributed by atoms with Gasteiger partial charge in [0, 0.05) is 18.8 Å². The number of aryl methyl sites for hydroxylation is 2. The molecule has 0 aromatic carbocycles. The number of amides is 1. The van der Waals surface area contributed by atoms with Crippen LogP contribution >= 0.6 is 0 Å². The Labute approximate surface area is 111 Å². The van der Waals surface area contributed by atoms with E-state index in [1.807, 2.05) is 0 Å². The van der Waals surface area contributed by atoms with Gasteiger partial charge in [-0.2, -0.15) is 5.10 Å². The van der Waals surface area contributed by atoms with E-state index in [1.54, 1.807) is 44.0 Å². The molecule has 1 unspecified atom stereocenters. The highest BCUT2D eigenvalue weighted by atomic mass is 16.3. The van der Waals surface area contributed by atoms with E-state index in [4.69, 9.17) is 4.42 Å². The number of hydrogen-bond acceptors (Lipinski definition) is 4. The van der Waals surface area contributed by atoms with Crippen LogP contribution in [0.2, 0.25) is 0 Å². The third-order valence-electron chi connectivity index (χ3n) is 3.02. The van der Waals surface area contributed by atoms with Crippen molar-refractivity contribution in [2.75, 3.05) is 6.54 Å². The van der Waals surface area contributed by atoms with Gasteiger partial charge in [0.2, 0.25) is 0 Å². The molecule has 19 heavy (non-hydrogen) atoms. The summed E-state index contributed by atoms with van der Waals surface area (Å²) in [5.41, 5.74) is -0.0390. The van der Waals surface area contributed by atoms with Crippen LogP contribution in [0.3, 0.4) is 0 Å². The van der Waals surface area contributed by atoms with Crippen molar-refractivity contribution in [3.05, 3.63) is 41.6 Å². The average molecular weight is 263 g/mol. The van der Waals surface area contributed by atoms with E-state index in [-0.39, 0.29) is 12.5 Å². The Morgan fingerprint density at radius 2 is 2.37 bits per heavy atom. The summed E-state index contributed by atoms with van der Waals surface area (Å²) >= 11 is 0. The number of furan rings is 1. The molecular weight excluding hydrogens is 246 g/mol. The molecule has 6 nitrogen and oxygen atoms in total. The molecule has 6 heteroatoms. The molecule has 0 radical (unpaired) electrons. The van der Waals surface area contributed by atoms with Gasteiger partial charge in [-0.25, -0.2) is 0 Å². The number of carbonyl (C=O) groups is 1. The smallest absolute Gasteiger partial charge is 0.254 e. The molecule has 1 amide bonds. The van der Waals surface area contributed by atoms with E-state index in [0.717, 1.165) is 0 Å². The summed E-state index contributed by atoms with van der Waals surface area (Å²) in [6.45, 7) is 3.45. The second-order valence-corrected chi connectivity index (χ2v) is 4.75. The molecule has 0 saturated heterocycles. The predicted octanol–water partition coefficient (Wildman–Crippen LogP) is 0.959. The van der Waals surface area contributed by atoms with Crippen LogP contribution in [0.25, 0.3) is 0 Å². The molecule has 2 heterocycles. The minimum absolute atomic E-state index is 0.0994. The van der Waals surface area contributed by atoms with Gasteiger partial charge in [-0.1, -0.05) is 0 Å². The number of aliphatic hydroxyl groups is 1. The summed E-state index contributed by atoms with van der Waals surface area (Å²) in [7, 11) is 1.77. The third-order valence-corrected chi connectivity index (χ3v) is 3.02. The molecule has 2 rings (SSSR count). The van der Waals surface area contributed by atoms with Crippen LogP contribution in [0.15, 0.2) is 29.1 Å². The first kappa shape index (κ1) is 13.4. The Hall–Kier alpha value is -2.08. The standard InChI is InChI=1S/C13H17N3O3/c1-9-11(4-5-19-9)12(17)14-8-13(2,18)10-6-15-16(3)7-10/h4-7,18H,8H2,1-3H3,(H,14,17). The topological polar surface area (TPSA) is 80.3 Å². The van der Waals surface area contributed by atoms with E-state index in [1.165, 1.54) is 6.26 Å². The van der Waals surface area contributed by atoms with Gasteiger partial charge < -0.3 is 14.8 Å². The maximum Gasteiger partial charge on any atom is 0.254 e. The average Bonchev–Trinajstić information content (AvgIpc) is 2.95.